The van der Waals surface area contributed by atoms with E-state index in [1.54, 1.807) is 13.0 Å². The number of rotatable bonds is 4. The number of hydrogen-bond donors (Lipinski definition) is 1. The second-order valence-corrected chi connectivity index (χ2v) is 9.05. The van der Waals surface area contributed by atoms with Crippen LogP contribution in [0.4, 0.5) is 5.00 Å². The minimum absolute atomic E-state index is 0.286. The van der Waals surface area contributed by atoms with Gasteiger partial charge in [0.15, 0.2) is 0 Å². The lowest BCUT2D eigenvalue weighted by Gasteiger charge is -2.18. The fourth-order valence-electron chi connectivity index (χ4n) is 3.89. The van der Waals surface area contributed by atoms with Crippen LogP contribution in [-0.4, -0.2) is 19.0 Å². The number of carbonyl (C=O) groups excluding carboxylic acids is 2. The summed E-state index contributed by atoms with van der Waals surface area (Å²) in [6, 6.07) is 9.71. The standard InChI is InChI=1S/C24H25NO4S/c1-13-5-8-16(9-6-13)19-12-18(15(3)29-19)22(26)25-23-21(24(27)28-4)17-10-7-14(2)11-20(17)30-23/h5-6,8-9,12,14H,7,10-11H2,1-4H3,(H,25,26). The van der Waals surface area contributed by atoms with Crippen LogP contribution in [0.3, 0.4) is 0 Å². The Morgan fingerprint density at radius 3 is 2.63 bits per heavy atom. The Balaban J connectivity index is 1.65. The summed E-state index contributed by atoms with van der Waals surface area (Å²) in [5.41, 5.74) is 4.05. The molecule has 0 bridgehead atoms. The van der Waals surface area contributed by atoms with Crippen molar-refractivity contribution in [2.75, 3.05) is 12.4 Å². The molecule has 4 rings (SSSR count). The van der Waals surface area contributed by atoms with Gasteiger partial charge in [0.2, 0.25) is 0 Å². The minimum atomic E-state index is -0.401. The molecule has 1 amide bonds. The van der Waals surface area contributed by atoms with Gasteiger partial charge in [-0.25, -0.2) is 4.79 Å². The van der Waals surface area contributed by atoms with E-state index in [9.17, 15) is 9.59 Å². The van der Waals surface area contributed by atoms with Gasteiger partial charge in [-0.1, -0.05) is 36.8 Å². The van der Waals surface area contributed by atoms with E-state index in [-0.39, 0.29) is 5.91 Å². The van der Waals surface area contributed by atoms with Crippen molar-refractivity contribution in [1.82, 2.24) is 0 Å². The van der Waals surface area contributed by atoms with Crippen LogP contribution in [0.25, 0.3) is 11.3 Å². The van der Waals surface area contributed by atoms with Gasteiger partial charge >= 0.3 is 5.97 Å². The molecule has 156 valence electrons. The summed E-state index contributed by atoms with van der Waals surface area (Å²) >= 11 is 1.48. The summed E-state index contributed by atoms with van der Waals surface area (Å²) in [6.07, 6.45) is 2.78. The van der Waals surface area contributed by atoms with E-state index < -0.39 is 5.97 Å². The van der Waals surface area contributed by atoms with Crippen molar-refractivity contribution in [2.24, 2.45) is 5.92 Å². The van der Waals surface area contributed by atoms with Crippen LogP contribution in [0, 0.1) is 19.8 Å². The van der Waals surface area contributed by atoms with Crippen LogP contribution in [0.1, 0.15) is 55.8 Å². The Kier molecular flexibility index (Phi) is 5.52. The maximum atomic E-state index is 13.1. The van der Waals surface area contributed by atoms with Crippen LogP contribution < -0.4 is 5.32 Å². The normalized spacial score (nSPS) is 15.5. The smallest absolute Gasteiger partial charge is 0.341 e. The summed E-state index contributed by atoms with van der Waals surface area (Å²) in [7, 11) is 1.37. The van der Waals surface area contributed by atoms with Gasteiger partial charge in [0.25, 0.3) is 5.91 Å². The highest BCUT2D eigenvalue weighted by Gasteiger charge is 2.29. The van der Waals surface area contributed by atoms with Crippen molar-refractivity contribution >= 4 is 28.2 Å². The number of methoxy groups -OCH3 is 1. The summed E-state index contributed by atoms with van der Waals surface area (Å²) in [6.45, 7) is 6.01. The van der Waals surface area contributed by atoms with E-state index in [1.807, 2.05) is 31.2 Å². The highest BCUT2D eigenvalue weighted by atomic mass is 32.1. The third-order valence-electron chi connectivity index (χ3n) is 5.63. The number of esters is 1. The van der Waals surface area contributed by atoms with E-state index in [0.717, 1.165) is 40.8 Å². The zero-order valence-corrected chi connectivity index (χ0v) is 18.4. The number of hydrogen-bond acceptors (Lipinski definition) is 5. The molecule has 2 aromatic heterocycles. The average Bonchev–Trinajstić information content (AvgIpc) is 3.27. The number of fused-ring (bicyclic) bond motifs is 1. The van der Waals surface area contributed by atoms with E-state index in [2.05, 4.69) is 12.2 Å². The lowest BCUT2D eigenvalue weighted by molar-refractivity contribution is 0.0601. The first-order valence-electron chi connectivity index (χ1n) is 10.1. The third-order valence-corrected chi connectivity index (χ3v) is 6.80. The number of amides is 1. The second-order valence-electron chi connectivity index (χ2n) is 7.95. The predicted molar refractivity (Wildman–Crippen MR) is 118 cm³/mol. The number of anilines is 1. The van der Waals surface area contributed by atoms with E-state index in [4.69, 9.17) is 9.15 Å². The molecule has 0 saturated heterocycles. The van der Waals surface area contributed by atoms with Crippen LogP contribution in [0.15, 0.2) is 34.7 Å². The van der Waals surface area contributed by atoms with E-state index in [1.165, 1.54) is 18.4 Å². The number of benzene rings is 1. The molecule has 1 atom stereocenters. The molecule has 0 radical (unpaired) electrons. The lowest BCUT2D eigenvalue weighted by atomic mass is 9.88. The summed E-state index contributed by atoms with van der Waals surface area (Å²) < 4.78 is 10.9. The monoisotopic (exact) mass is 423 g/mol. The molecule has 1 unspecified atom stereocenters. The van der Waals surface area contributed by atoms with Crippen LogP contribution >= 0.6 is 11.3 Å². The van der Waals surface area contributed by atoms with Crippen LogP contribution in [0.5, 0.6) is 0 Å². The van der Waals surface area contributed by atoms with Crippen LogP contribution in [0.2, 0.25) is 0 Å². The fourth-order valence-corrected chi connectivity index (χ4v) is 5.29. The SMILES string of the molecule is COC(=O)c1c(NC(=O)c2cc(-c3ccc(C)cc3)oc2C)sc2c1CCC(C)C2. The number of aryl methyl sites for hydroxylation is 2. The quantitative estimate of drug-likeness (QED) is 0.540. The lowest BCUT2D eigenvalue weighted by Crippen LogP contribution is -2.16. The molecular formula is C24H25NO4S. The average molecular weight is 424 g/mol. The Labute approximate surface area is 180 Å². The fraction of sp³-hybridized carbons (Fsp3) is 0.333. The first kappa shape index (κ1) is 20.4. The Morgan fingerprint density at radius 1 is 1.20 bits per heavy atom. The Morgan fingerprint density at radius 2 is 1.93 bits per heavy atom. The van der Waals surface area contributed by atoms with Crippen LogP contribution in [-0.2, 0) is 17.6 Å². The van der Waals surface area contributed by atoms with Gasteiger partial charge in [0.1, 0.15) is 16.5 Å². The maximum Gasteiger partial charge on any atom is 0.341 e. The van der Waals surface area contributed by atoms with Crippen molar-refractivity contribution in [3.05, 3.63) is 63.2 Å². The molecule has 5 nitrogen and oxygen atoms in total. The largest absolute Gasteiger partial charge is 0.465 e. The first-order chi connectivity index (χ1) is 14.4. The minimum Gasteiger partial charge on any atom is -0.465 e. The Hall–Kier alpha value is -2.86. The zero-order valence-electron chi connectivity index (χ0n) is 17.6. The molecule has 2 heterocycles. The topological polar surface area (TPSA) is 68.5 Å². The summed E-state index contributed by atoms with van der Waals surface area (Å²) in [5, 5.41) is 3.51. The Bertz CT molecular complexity index is 1110. The van der Waals surface area contributed by atoms with Crippen molar-refractivity contribution in [1.29, 1.82) is 0 Å². The molecule has 0 aliphatic heterocycles. The number of carbonyl (C=O) groups is 2. The summed E-state index contributed by atoms with van der Waals surface area (Å²) in [4.78, 5) is 26.7. The molecule has 30 heavy (non-hydrogen) atoms. The third kappa shape index (κ3) is 3.79. The van der Waals surface area contributed by atoms with Crippen molar-refractivity contribution in [2.45, 2.75) is 40.0 Å². The van der Waals surface area contributed by atoms with Crippen molar-refractivity contribution < 1.29 is 18.7 Å². The first-order valence-corrected chi connectivity index (χ1v) is 10.9. The second kappa shape index (κ2) is 8.11. The van der Waals surface area contributed by atoms with Gasteiger partial charge in [-0.15, -0.1) is 11.3 Å². The number of furan rings is 1. The predicted octanol–water partition coefficient (Wildman–Crippen LogP) is 5.79. The van der Waals surface area contributed by atoms with Crippen molar-refractivity contribution in [3.63, 3.8) is 0 Å². The highest BCUT2D eigenvalue weighted by Crippen LogP contribution is 2.40. The van der Waals surface area contributed by atoms with Gasteiger partial charge < -0.3 is 14.5 Å². The maximum absolute atomic E-state index is 13.1. The summed E-state index contributed by atoms with van der Waals surface area (Å²) in [5.74, 6) is 1.06. The van der Waals surface area contributed by atoms with Crippen molar-refractivity contribution in [3.8, 4) is 11.3 Å². The molecule has 6 heteroatoms. The van der Waals surface area contributed by atoms with Gasteiger partial charge in [-0.3, -0.25) is 4.79 Å². The molecule has 0 spiro atoms. The molecule has 1 aliphatic carbocycles. The molecule has 1 N–H and O–H groups in total. The molecule has 3 aromatic rings. The molecule has 1 aromatic carbocycles. The van der Waals surface area contributed by atoms with Gasteiger partial charge in [0.05, 0.1) is 18.2 Å². The zero-order chi connectivity index (χ0) is 21.4. The number of thiophene rings is 1. The van der Waals surface area contributed by atoms with Gasteiger partial charge in [-0.05, 0) is 50.7 Å². The van der Waals surface area contributed by atoms with E-state index in [0.29, 0.717) is 33.6 Å². The van der Waals surface area contributed by atoms with Gasteiger partial charge in [-0.2, -0.15) is 0 Å². The van der Waals surface area contributed by atoms with E-state index >= 15 is 0 Å². The molecule has 0 saturated carbocycles. The highest BCUT2D eigenvalue weighted by molar-refractivity contribution is 7.17. The number of ether oxygens (including phenoxy) is 1. The molecule has 0 fully saturated rings. The molecule has 1 aliphatic rings. The van der Waals surface area contributed by atoms with Gasteiger partial charge in [0, 0.05) is 10.4 Å². The molecular weight excluding hydrogens is 398 g/mol. The number of nitrogens with one attached hydrogen (secondary N) is 1.